The third-order valence-electron chi connectivity index (χ3n) is 4.19. The summed E-state index contributed by atoms with van der Waals surface area (Å²) in [6, 6.07) is 12.1. The van der Waals surface area contributed by atoms with Crippen molar-refractivity contribution in [3.63, 3.8) is 0 Å². The van der Waals surface area contributed by atoms with E-state index in [1.54, 1.807) is 43.3 Å². The van der Waals surface area contributed by atoms with Gasteiger partial charge in [0.1, 0.15) is 11.3 Å². The molecule has 7 heteroatoms. The van der Waals surface area contributed by atoms with E-state index >= 15 is 0 Å². The number of rotatable bonds is 6. The lowest BCUT2D eigenvalue weighted by Gasteiger charge is -2.13. The fourth-order valence-electron chi connectivity index (χ4n) is 2.72. The molecule has 1 amide bonds. The number of fused-ring (bicyclic) bond motifs is 1. The zero-order valence-corrected chi connectivity index (χ0v) is 16.5. The maximum Gasteiger partial charge on any atom is 0.375 e. The predicted octanol–water partition coefficient (Wildman–Crippen LogP) is 4.98. The number of carbonyl (C=O) groups excluding carboxylic acids is 2. The second-order valence-electron chi connectivity index (χ2n) is 6.16. The van der Waals surface area contributed by atoms with Crippen molar-refractivity contribution in [2.75, 3.05) is 11.9 Å². The van der Waals surface area contributed by atoms with Crippen molar-refractivity contribution in [2.24, 2.45) is 0 Å². The Morgan fingerprint density at radius 2 is 1.96 bits per heavy atom. The first-order valence-electron chi connectivity index (χ1n) is 8.83. The highest BCUT2D eigenvalue weighted by Crippen LogP contribution is 2.29. The number of benzene rings is 2. The second kappa shape index (κ2) is 8.35. The smallest absolute Gasteiger partial charge is 0.375 e. The van der Waals surface area contributed by atoms with Crippen LogP contribution in [0.4, 0.5) is 5.69 Å². The number of ether oxygens (including phenoxy) is 2. The number of amides is 1. The molecule has 0 saturated carbocycles. The molecule has 0 bridgehead atoms. The summed E-state index contributed by atoms with van der Waals surface area (Å²) in [5.74, 6) is -0.463. The molecule has 146 valence electrons. The zero-order chi connectivity index (χ0) is 20.3. The van der Waals surface area contributed by atoms with Gasteiger partial charge in [0.15, 0.2) is 6.10 Å². The summed E-state index contributed by atoms with van der Waals surface area (Å²) in [7, 11) is 0. The molecule has 3 aromatic rings. The van der Waals surface area contributed by atoms with E-state index in [0.29, 0.717) is 34.2 Å². The zero-order valence-electron chi connectivity index (χ0n) is 15.7. The molecule has 0 aliphatic rings. The topological polar surface area (TPSA) is 77.8 Å². The van der Waals surface area contributed by atoms with Gasteiger partial charge in [-0.05, 0) is 51.1 Å². The third kappa shape index (κ3) is 4.12. The van der Waals surface area contributed by atoms with Crippen LogP contribution in [0.2, 0.25) is 5.02 Å². The molecule has 6 nitrogen and oxygen atoms in total. The first kappa shape index (κ1) is 19.8. The van der Waals surface area contributed by atoms with E-state index in [-0.39, 0.29) is 5.76 Å². The first-order valence-corrected chi connectivity index (χ1v) is 9.20. The van der Waals surface area contributed by atoms with Crippen LogP contribution in [0.25, 0.3) is 11.0 Å². The molecule has 3 rings (SSSR count). The second-order valence-corrected chi connectivity index (χ2v) is 6.57. The number of aryl methyl sites for hydroxylation is 1. The van der Waals surface area contributed by atoms with Crippen LogP contribution in [0.15, 0.2) is 46.9 Å². The summed E-state index contributed by atoms with van der Waals surface area (Å²) in [5, 5.41) is 3.79. The van der Waals surface area contributed by atoms with E-state index in [2.05, 4.69) is 5.32 Å². The minimum atomic E-state index is -1.03. The van der Waals surface area contributed by atoms with Crippen molar-refractivity contribution < 1.29 is 23.5 Å². The van der Waals surface area contributed by atoms with Crippen LogP contribution in [-0.4, -0.2) is 24.6 Å². The van der Waals surface area contributed by atoms with Gasteiger partial charge in [-0.3, -0.25) is 4.79 Å². The van der Waals surface area contributed by atoms with E-state index in [1.807, 2.05) is 13.0 Å². The Hall–Kier alpha value is -2.99. The molecule has 0 radical (unpaired) electrons. The van der Waals surface area contributed by atoms with Crippen molar-refractivity contribution in [3.8, 4) is 5.75 Å². The number of esters is 1. The highest BCUT2D eigenvalue weighted by atomic mass is 35.5. The number of hydrogen-bond acceptors (Lipinski definition) is 5. The third-order valence-corrected chi connectivity index (χ3v) is 4.52. The lowest BCUT2D eigenvalue weighted by atomic mass is 10.1. The molecule has 28 heavy (non-hydrogen) atoms. The summed E-state index contributed by atoms with van der Waals surface area (Å²) in [4.78, 5) is 24.8. The molecule has 0 fully saturated rings. The Morgan fingerprint density at radius 1 is 1.21 bits per heavy atom. The molecular weight excluding hydrogens is 382 g/mol. The van der Waals surface area contributed by atoms with E-state index < -0.39 is 18.0 Å². The van der Waals surface area contributed by atoms with E-state index in [1.165, 1.54) is 6.92 Å². The molecule has 2 aromatic carbocycles. The Labute approximate surface area is 167 Å². The van der Waals surface area contributed by atoms with Crippen molar-refractivity contribution in [1.29, 1.82) is 0 Å². The quantitative estimate of drug-likeness (QED) is 0.589. The number of furan rings is 1. The fourth-order valence-corrected chi connectivity index (χ4v) is 2.90. The predicted molar refractivity (Wildman–Crippen MR) is 107 cm³/mol. The van der Waals surface area contributed by atoms with Crippen molar-refractivity contribution in [3.05, 3.63) is 58.8 Å². The van der Waals surface area contributed by atoms with Gasteiger partial charge in [0.05, 0.1) is 17.3 Å². The van der Waals surface area contributed by atoms with Gasteiger partial charge < -0.3 is 19.2 Å². The summed E-state index contributed by atoms with van der Waals surface area (Å²) in [5.41, 5.74) is 1.61. The van der Waals surface area contributed by atoms with Crippen LogP contribution < -0.4 is 10.1 Å². The van der Waals surface area contributed by atoms with Gasteiger partial charge >= 0.3 is 5.97 Å². The molecule has 1 aromatic heterocycles. The number of nitrogens with one attached hydrogen (secondary N) is 1. The van der Waals surface area contributed by atoms with Gasteiger partial charge in [0.25, 0.3) is 5.91 Å². The highest BCUT2D eigenvalue weighted by molar-refractivity contribution is 6.33. The lowest BCUT2D eigenvalue weighted by molar-refractivity contribution is -0.123. The monoisotopic (exact) mass is 401 g/mol. The van der Waals surface area contributed by atoms with Crippen molar-refractivity contribution in [1.82, 2.24) is 0 Å². The molecule has 0 aliphatic heterocycles. The maximum absolute atomic E-state index is 12.5. The average Bonchev–Trinajstić information content (AvgIpc) is 3.00. The standard InChI is InChI=1S/C21H20ClNO5/c1-4-26-14-9-10-18-15(11-14)12(2)19(28-18)21(25)27-13(3)20(24)23-17-8-6-5-7-16(17)22/h5-11,13H,4H2,1-3H3,(H,23,24)/t13-/m0/s1. The Kier molecular flexibility index (Phi) is 5.90. The van der Waals surface area contributed by atoms with Crippen LogP contribution in [-0.2, 0) is 9.53 Å². The molecule has 1 atom stereocenters. The molecular formula is C21H20ClNO5. The molecule has 0 aliphatic carbocycles. The average molecular weight is 402 g/mol. The molecule has 1 N–H and O–H groups in total. The van der Waals surface area contributed by atoms with Crippen LogP contribution in [0, 0.1) is 6.92 Å². The fraction of sp³-hybridized carbons (Fsp3) is 0.238. The SMILES string of the molecule is CCOc1ccc2oc(C(=O)O[C@@H](C)C(=O)Nc3ccccc3Cl)c(C)c2c1. The number of hydrogen-bond donors (Lipinski definition) is 1. The lowest BCUT2D eigenvalue weighted by Crippen LogP contribution is -2.30. The largest absolute Gasteiger partial charge is 0.494 e. The Bertz CT molecular complexity index is 1030. The van der Waals surface area contributed by atoms with Gasteiger partial charge in [-0.25, -0.2) is 4.79 Å². The number of halogens is 1. The highest BCUT2D eigenvalue weighted by Gasteiger charge is 2.24. The summed E-state index contributed by atoms with van der Waals surface area (Å²) in [6.07, 6.45) is -1.03. The first-order chi connectivity index (χ1) is 13.4. The maximum atomic E-state index is 12.5. The number of carbonyl (C=O) groups is 2. The molecule has 1 heterocycles. The molecule has 0 unspecified atom stereocenters. The van der Waals surface area contributed by atoms with Crippen LogP contribution in [0.1, 0.15) is 30.0 Å². The molecule has 0 spiro atoms. The van der Waals surface area contributed by atoms with Crippen LogP contribution in [0.3, 0.4) is 0 Å². The van der Waals surface area contributed by atoms with Gasteiger partial charge in [-0.1, -0.05) is 23.7 Å². The summed E-state index contributed by atoms with van der Waals surface area (Å²) >= 11 is 6.03. The van der Waals surface area contributed by atoms with Crippen LogP contribution >= 0.6 is 11.6 Å². The van der Waals surface area contributed by atoms with Gasteiger partial charge in [0, 0.05) is 10.9 Å². The minimum Gasteiger partial charge on any atom is -0.494 e. The normalized spacial score (nSPS) is 11.9. The van der Waals surface area contributed by atoms with Gasteiger partial charge in [-0.15, -0.1) is 0 Å². The minimum absolute atomic E-state index is 0.0565. The van der Waals surface area contributed by atoms with Gasteiger partial charge in [-0.2, -0.15) is 0 Å². The van der Waals surface area contributed by atoms with Crippen molar-refractivity contribution in [2.45, 2.75) is 26.9 Å². The van der Waals surface area contributed by atoms with E-state index in [9.17, 15) is 9.59 Å². The molecule has 0 saturated heterocycles. The number of para-hydroxylation sites is 1. The Morgan fingerprint density at radius 3 is 2.68 bits per heavy atom. The Balaban J connectivity index is 1.74. The van der Waals surface area contributed by atoms with Crippen molar-refractivity contribution >= 4 is 40.1 Å². The van der Waals surface area contributed by atoms with E-state index in [4.69, 9.17) is 25.5 Å². The summed E-state index contributed by atoms with van der Waals surface area (Å²) in [6.45, 7) is 5.67. The summed E-state index contributed by atoms with van der Waals surface area (Å²) < 4.78 is 16.4. The van der Waals surface area contributed by atoms with E-state index in [0.717, 1.165) is 5.39 Å². The van der Waals surface area contributed by atoms with Gasteiger partial charge in [0.2, 0.25) is 5.76 Å². The number of anilines is 1. The van der Waals surface area contributed by atoms with Crippen LogP contribution in [0.5, 0.6) is 5.75 Å².